The summed E-state index contributed by atoms with van der Waals surface area (Å²) in [6.07, 6.45) is 0. The van der Waals surface area contributed by atoms with Crippen LogP contribution < -0.4 is 0 Å². The molecule has 1 nitrogen and oxygen atoms in total. The van der Waals surface area contributed by atoms with E-state index in [9.17, 15) is 0 Å². The molecular formula is C6H18GeNP. The number of rotatable bonds is 1. The molecule has 0 spiro atoms. The van der Waals surface area contributed by atoms with Crippen LogP contribution in [-0.2, 0) is 0 Å². The predicted octanol–water partition coefficient (Wildman–Crippen LogP) is 2.91. The van der Waals surface area contributed by atoms with Gasteiger partial charge in [0, 0.05) is 0 Å². The molecule has 0 rings (SSSR count). The van der Waals surface area contributed by atoms with Crippen LogP contribution in [0.4, 0.5) is 0 Å². The Morgan fingerprint density at radius 2 is 1.33 bits per heavy atom. The first-order chi connectivity index (χ1) is 3.71. The van der Waals surface area contributed by atoms with E-state index in [2.05, 4.69) is 37.3 Å². The first-order valence-electron chi connectivity index (χ1n) is 3.27. The zero-order chi connectivity index (χ0) is 7.71. The molecule has 0 aromatic rings. The summed E-state index contributed by atoms with van der Waals surface area (Å²) in [7, 11) is -0.829. The van der Waals surface area contributed by atoms with Gasteiger partial charge in [-0.25, -0.2) is 0 Å². The Hall–Kier alpha value is 0.773. The molecule has 0 aliphatic heterocycles. The third-order valence-corrected chi connectivity index (χ3v) is 9.35. The first kappa shape index (κ1) is 9.77. The second-order valence-electron chi connectivity index (χ2n) is 4.21. The summed E-state index contributed by atoms with van der Waals surface area (Å²) in [5.74, 6) is 7.02. The van der Waals surface area contributed by atoms with Gasteiger partial charge in [-0.1, -0.05) is 0 Å². The second-order valence-corrected chi connectivity index (χ2v) is 18.7. The van der Waals surface area contributed by atoms with Crippen LogP contribution in [-0.4, -0.2) is 33.5 Å². The van der Waals surface area contributed by atoms with Crippen LogP contribution in [0.3, 0.4) is 0 Å². The third kappa shape index (κ3) is 8.77. The van der Waals surface area contributed by atoms with Crippen LogP contribution in [0.15, 0.2) is 3.70 Å². The molecule has 0 saturated heterocycles. The van der Waals surface area contributed by atoms with Gasteiger partial charge in [0.2, 0.25) is 0 Å². The Kier molecular flexibility index (Phi) is 3.03. The summed E-state index contributed by atoms with van der Waals surface area (Å²) in [5.41, 5.74) is 0. The van der Waals surface area contributed by atoms with Crippen LogP contribution >= 0.6 is 7.05 Å². The van der Waals surface area contributed by atoms with Crippen LogP contribution in [0.5, 0.6) is 0 Å². The molecule has 0 atom stereocenters. The van der Waals surface area contributed by atoms with Crippen molar-refractivity contribution >= 4 is 20.5 Å². The van der Waals surface area contributed by atoms with Crippen molar-refractivity contribution in [2.24, 2.45) is 3.70 Å². The summed E-state index contributed by atoms with van der Waals surface area (Å²) in [5, 5.41) is 0. The van der Waals surface area contributed by atoms with E-state index < -0.39 is 20.5 Å². The molecular weight excluding hydrogens is 190 g/mol. The minimum atomic E-state index is -1.57. The van der Waals surface area contributed by atoms with Gasteiger partial charge in [0.1, 0.15) is 0 Å². The van der Waals surface area contributed by atoms with Gasteiger partial charge in [0.25, 0.3) is 0 Å². The fourth-order valence-electron chi connectivity index (χ4n) is 0.900. The van der Waals surface area contributed by atoms with Crippen LogP contribution in [0.2, 0.25) is 17.3 Å². The van der Waals surface area contributed by atoms with Gasteiger partial charge in [-0.05, 0) is 0 Å². The summed E-state index contributed by atoms with van der Waals surface area (Å²) in [4.78, 5) is 0. The number of hydrogen-bond acceptors (Lipinski definition) is 1. The Bertz CT molecular complexity index is 131. The van der Waals surface area contributed by atoms with Gasteiger partial charge < -0.3 is 0 Å². The molecule has 3 heteroatoms. The SMILES string of the molecule is CP(C)(C)=[N][Ge]([CH3])([CH3])[CH3]. The van der Waals surface area contributed by atoms with Crippen molar-refractivity contribution in [3.05, 3.63) is 0 Å². The van der Waals surface area contributed by atoms with E-state index in [4.69, 9.17) is 3.70 Å². The molecule has 0 bridgehead atoms. The Balaban J connectivity index is 4.32. The molecule has 0 heterocycles. The quantitative estimate of drug-likeness (QED) is 0.463. The molecule has 9 heavy (non-hydrogen) atoms. The fraction of sp³-hybridized carbons (Fsp3) is 1.00. The van der Waals surface area contributed by atoms with Gasteiger partial charge >= 0.3 is 61.5 Å². The Morgan fingerprint density at radius 3 is 1.33 bits per heavy atom. The van der Waals surface area contributed by atoms with Gasteiger partial charge in [-0.3, -0.25) is 0 Å². The average Bonchev–Trinajstić information content (AvgIpc) is 1.14. The summed E-state index contributed by atoms with van der Waals surface area (Å²) in [6, 6.07) is 0. The normalized spacial score (nSPS) is 13.6. The van der Waals surface area contributed by atoms with E-state index >= 15 is 0 Å². The van der Waals surface area contributed by atoms with Crippen LogP contribution in [0, 0.1) is 0 Å². The van der Waals surface area contributed by atoms with Crippen molar-refractivity contribution in [1.82, 2.24) is 0 Å². The van der Waals surface area contributed by atoms with E-state index in [0.29, 0.717) is 0 Å². The molecule has 0 aromatic carbocycles. The fourth-order valence-corrected chi connectivity index (χ4v) is 14.0. The Morgan fingerprint density at radius 1 is 1.00 bits per heavy atom. The van der Waals surface area contributed by atoms with E-state index in [1.165, 1.54) is 0 Å². The molecule has 0 amide bonds. The zero-order valence-electron chi connectivity index (χ0n) is 7.39. The monoisotopic (exact) mass is 209 g/mol. The molecule has 0 aromatic heterocycles. The zero-order valence-corrected chi connectivity index (χ0v) is 10.4. The van der Waals surface area contributed by atoms with Gasteiger partial charge in [-0.2, -0.15) is 0 Å². The molecule has 56 valence electrons. The molecule has 0 fully saturated rings. The molecule has 0 unspecified atom stereocenters. The van der Waals surface area contributed by atoms with Crippen LogP contribution in [0.25, 0.3) is 0 Å². The van der Waals surface area contributed by atoms with Crippen molar-refractivity contribution < 1.29 is 0 Å². The number of hydrogen-bond donors (Lipinski definition) is 0. The minimum absolute atomic E-state index is 0.829. The number of nitrogens with zero attached hydrogens (tertiary/aromatic N) is 1. The van der Waals surface area contributed by atoms with Crippen molar-refractivity contribution in [2.75, 3.05) is 20.0 Å². The average molecular weight is 208 g/mol. The Labute approximate surface area is 61.9 Å². The molecule has 0 aliphatic carbocycles. The maximum atomic E-state index is 4.84. The maximum absolute atomic E-state index is 4.84. The molecule has 0 N–H and O–H groups in total. The van der Waals surface area contributed by atoms with E-state index in [1.807, 2.05) is 0 Å². The summed E-state index contributed by atoms with van der Waals surface area (Å²) < 4.78 is 4.84. The topological polar surface area (TPSA) is 12.4 Å². The van der Waals surface area contributed by atoms with E-state index in [1.54, 1.807) is 0 Å². The second kappa shape index (κ2) is 2.79. The standard InChI is InChI=1S/C6H18GeNP/c1-7(2,3)8-9(4,5)6/h1-6H3. The molecule has 0 aliphatic rings. The van der Waals surface area contributed by atoms with E-state index in [-0.39, 0.29) is 0 Å². The van der Waals surface area contributed by atoms with Crippen LogP contribution in [0.1, 0.15) is 0 Å². The van der Waals surface area contributed by atoms with Crippen molar-refractivity contribution in [3.8, 4) is 0 Å². The summed E-state index contributed by atoms with van der Waals surface area (Å²) >= 11 is -1.57. The van der Waals surface area contributed by atoms with E-state index in [0.717, 1.165) is 0 Å². The van der Waals surface area contributed by atoms with Gasteiger partial charge in [0.05, 0.1) is 0 Å². The summed E-state index contributed by atoms with van der Waals surface area (Å²) in [6.45, 7) is 6.84. The third-order valence-electron chi connectivity index (χ3n) is 0.600. The predicted molar refractivity (Wildman–Crippen MR) is 50.5 cm³/mol. The van der Waals surface area contributed by atoms with Gasteiger partial charge in [-0.15, -0.1) is 0 Å². The van der Waals surface area contributed by atoms with Gasteiger partial charge in [0.15, 0.2) is 0 Å². The molecule has 0 radical (unpaired) electrons. The first-order valence-corrected chi connectivity index (χ1v) is 13.6. The van der Waals surface area contributed by atoms with Crippen molar-refractivity contribution in [3.63, 3.8) is 0 Å². The molecule has 0 saturated carbocycles. The van der Waals surface area contributed by atoms with Crippen molar-refractivity contribution in [1.29, 1.82) is 0 Å². The van der Waals surface area contributed by atoms with Crippen molar-refractivity contribution in [2.45, 2.75) is 17.3 Å².